The van der Waals surface area contributed by atoms with Crippen LogP contribution in [0.25, 0.3) is 0 Å². The standard InChI is InChI=1S/C12H16N2O3/c13-4-1-6-16-9-2-3-10-11(8-9)17-7-5-14-12(10)15/h2-3,8H,1,4-7,13H2,(H,14,15). The van der Waals surface area contributed by atoms with E-state index in [9.17, 15) is 4.79 Å². The minimum Gasteiger partial charge on any atom is -0.493 e. The first-order chi connectivity index (χ1) is 8.31. The molecule has 1 aromatic rings. The van der Waals surface area contributed by atoms with Gasteiger partial charge in [0, 0.05) is 6.07 Å². The number of fused-ring (bicyclic) bond motifs is 1. The molecule has 17 heavy (non-hydrogen) atoms. The molecule has 1 amide bonds. The molecule has 0 spiro atoms. The van der Waals surface area contributed by atoms with Crippen molar-refractivity contribution in [2.75, 3.05) is 26.3 Å². The molecule has 92 valence electrons. The maximum Gasteiger partial charge on any atom is 0.255 e. The van der Waals surface area contributed by atoms with Crippen LogP contribution in [0, 0.1) is 0 Å². The maximum atomic E-state index is 11.6. The Morgan fingerprint density at radius 3 is 3.18 bits per heavy atom. The van der Waals surface area contributed by atoms with Crippen molar-refractivity contribution in [2.45, 2.75) is 6.42 Å². The van der Waals surface area contributed by atoms with Crippen molar-refractivity contribution in [3.05, 3.63) is 23.8 Å². The van der Waals surface area contributed by atoms with Gasteiger partial charge in [-0.25, -0.2) is 0 Å². The number of rotatable bonds is 4. The zero-order chi connectivity index (χ0) is 12.1. The highest BCUT2D eigenvalue weighted by molar-refractivity contribution is 5.97. The molecule has 5 heteroatoms. The lowest BCUT2D eigenvalue weighted by molar-refractivity contribution is 0.0957. The van der Waals surface area contributed by atoms with Crippen LogP contribution >= 0.6 is 0 Å². The van der Waals surface area contributed by atoms with Gasteiger partial charge in [-0.3, -0.25) is 4.79 Å². The van der Waals surface area contributed by atoms with Gasteiger partial charge >= 0.3 is 0 Å². The molecule has 0 radical (unpaired) electrons. The third-order valence-electron chi connectivity index (χ3n) is 2.46. The van der Waals surface area contributed by atoms with Crippen molar-refractivity contribution >= 4 is 5.91 Å². The molecule has 0 saturated carbocycles. The minimum atomic E-state index is -0.106. The van der Waals surface area contributed by atoms with Crippen LogP contribution in [0.1, 0.15) is 16.8 Å². The average Bonchev–Trinajstić information content (AvgIpc) is 2.52. The Balaban J connectivity index is 2.12. The molecule has 1 heterocycles. The summed E-state index contributed by atoms with van der Waals surface area (Å²) in [4.78, 5) is 11.6. The lowest BCUT2D eigenvalue weighted by atomic mass is 10.2. The summed E-state index contributed by atoms with van der Waals surface area (Å²) in [5.74, 6) is 1.17. The second-order valence-corrected chi connectivity index (χ2v) is 3.75. The first kappa shape index (κ1) is 11.7. The fourth-order valence-corrected chi connectivity index (χ4v) is 1.59. The first-order valence-electron chi connectivity index (χ1n) is 5.69. The summed E-state index contributed by atoms with van der Waals surface area (Å²) in [6.45, 7) is 2.17. The van der Waals surface area contributed by atoms with E-state index in [1.807, 2.05) is 0 Å². The fourth-order valence-electron chi connectivity index (χ4n) is 1.59. The predicted molar refractivity (Wildman–Crippen MR) is 63.4 cm³/mol. The number of hydrogen-bond donors (Lipinski definition) is 2. The Morgan fingerprint density at radius 2 is 2.35 bits per heavy atom. The van der Waals surface area contributed by atoms with Gasteiger partial charge < -0.3 is 20.5 Å². The highest BCUT2D eigenvalue weighted by Gasteiger charge is 2.16. The molecule has 0 atom stereocenters. The summed E-state index contributed by atoms with van der Waals surface area (Å²) in [6.07, 6.45) is 0.804. The average molecular weight is 236 g/mol. The van der Waals surface area contributed by atoms with Crippen LogP contribution in [0.4, 0.5) is 0 Å². The third kappa shape index (κ3) is 2.88. The molecule has 1 aromatic carbocycles. The fraction of sp³-hybridized carbons (Fsp3) is 0.417. The van der Waals surface area contributed by atoms with Crippen molar-refractivity contribution in [3.63, 3.8) is 0 Å². The smallest absolute Gasteiger partial charge is 0.255 e. The Morgan fingerprint density at radius 1 is 1.47 bits per heavy atom. The summed E-state index contributed by atoms with van der Waals surface area (Å²) < 4.78 is 11.0. The zero-order valence-corrected chi connectivity index (χ0v) is 9.57. The predicted octanol–water partition coefficient (Wildman–Crippen LogP) is 0.536. The maximum absolute atomic E-state index is 11.6. The van der Waals surface area contributed by atoms with Gasteiger partial charge in [0.15, 0.2) is 0 Å². The van der Waals surface area contributed by atoms with E-state index in [1.54, 1.807) is 18.2 Å². The van der Waals surface area contributed by atoms with Gasteiger partial charge in [-0.05, 0) is 25.1 Å². The van der Waals surface area contributed by atoms with Crippen LogP contribution in [0.15, 0.2) is 18.2 Å². The summed E-state index contributed by atoms with van der Waals surface area (Å²) in [6, 6.07) is 5.23. The summed E-state index contributed by atoms with van der Waals surface area (Å²) >= 11 is 0. The van der Waals surface area contributed by atoms with E-state index in [4.69, 9.17) is 15.2 Å². The lowest BCUT2D eigenvalue weighted by Crippen LogP contribution is -2.24. The Kier molecular flexibility index (Phi) is 3.82. The second kappa shape index (κ2) is 5.54. The van der Waals surface area contributed by atoms with Crippen molar-refractivity contribution in [2.24, 2.45) is 5.73 Å². The Labute approximate surface area is 99.9 Å². The number of carbonyl (C=O) groups excluding carboxylic acids is 1. The van der Waals surface area contributed by atoms with E-state index in [0.29, 0.717) is 43.4 Å². The van der Waals surface area contributed by atoms with Crippen LogP contribution in [-0.4, -0.2) is 32.2 Å². The summed E-state index contributed by atoms with van der Waals surface area (Å²) in [5, 5.41) is 2.75. The Bertz CT molecular complexity index is 407. The Hall–Kier alpha value is -1.75. The van der Waals surface area contributed by atoms with Gasteiger partial charge in [0.25, 0.3) is 5.91 Å². The number of nitrogens with one attached hydrogen (secondary N) is 1. The molecule has 1 aliphatic rings. The van der Waals surface area contributed by atoms with Gasteiger partial charge in [-0.15, -0.1) is 0 Å². The number of hydrogen-bond acceptors (Lipinski definition) is 4. The van der Waals surface area contributed by atoms with E-state index in [2.05, 4.69) is 5.32 Å². The largest absolute Gasteiger partial charge is 0.493 e. The SMILES string of the molecule is NCCCOc1ccc2c(c1)OCCNC2=O. The number of nitrogens with two attached hydrogens (primary N) is 1. The molecule has 0 fully saturated rings. The number of amides is 1. The van der Waals surface area contributed by atoms with Crippen LogP contribution in [0.3, 0.4) is 0 Å². The topological polar surface area (TPSA) is 73.6 Å². The molecular weight excluding hydrogens is 220 g/mol. The van der Waals surface area contributed by atoms with Gasteiger partial charge in [0.1, 0.15) is 18.1 Å². The van der Waals surface area contributed by atoms with E-state index >= 15 is 0 Å². The van der Waals surface area contributed by atoms with Crippen molar-refractivity contribution < 1.29 is 14.3 Å². The van der Waals surface area contributed by atoms with Crippen molar-refractivity contribution in [3.8, 4) is 11.5 Å². The van der Waals surface area contributed by atoms with Crippen LogP contribution in [0.5, 0.6) is 11.5 Å². The van der Waals surface area contributed by atoms with Gasteiger partial charge in [0.05, 0.1) is 18.7 Å². The monoisotopic (exact) mass is 236 g/mol. The van der Waals surface area contributed by atoms with E-state index < -0.39 is 0 Å². The van der Waals surface area contributed by atoms with Gasteiger partial charge in [0.2, 0.25) is 0 Å². The molecule has 1 aliphatic heterocycles. The number of ether oxygens (including phenoxy) is 2. The molecule has 0 unspecified atom stereocenters. The normalized spacial score (nSPS) is 14.3. The molecule has 3 N–H and O–H groups in total. The third-order valence-corrected chi connectivity index (χ3v) is 2.46. The number of carbonyl (C=O) groups is 1. The second-order valence-electron chi connectivity index (χ2n) is 3.75. The molecule has 5 nitrogen and oxygen atoms in total. The van der Waals surface area contributed by atoms with Gasteiger partial charge in [-0.2, -0.15) is 0 Å². The number of benzene rings is 1. The highest BCUT2D eigenvalue weighted by Crippen LogP contribution is 2.26. The molecular formula is C12H16N2O3. The van der Waals surface area contributed by atoms with Gasteiger partial charge in [-0.1, -0.05) is 0 Å². The zero-order valence-electron chi connectivity index (χ0n) is 9.57. The van der Waals surface area contributed by atoms with E-state index in [1.165, 1.54) is 0 Å². The van der Waals surface area contributed by atoms with E-state index in [-0.39, 0.29) is 5.91 Å². The molecule has 2 rings (SSSR count). The summed E-state index contributed by atoms with van der Waals surface area (Å²) in [7, 11) is 0. The molecule has 0 saturated heterocycles. The van der Waals surface area contributed by atoms with Crippen LogP contribution in [0.2, 0.25) is 0 Å². The quantitative estimate of drug-likeness (QED) is 0.748. The van der Waals surface area contributed by atoms with Crippen LogP contribution in [-0.2, 0) is 0 Å². The van der Waals surface area contributed by atoms with E-state index in [0.717, 1.165) is 6.42 Å². The first-order valence-corrected chi connectivity index (χ1v) is 5.69. The lowest BCUT2D eigenvalue weighted by Gasteiger charge is -2.09. The summed E-state index contributed by atoms with van der Waals surface area (Å²) in [5.41, 5.74) is 5.93. The molecule has 0 aromatic heterocycles. The molecule has 0 aliphatic carbocycles. The minimum absolute atomic E-state index is 0.106. The van der Waals surface area contributed by atoms with Crippen molar-refractivity contribution in [1.82, 2.24) is 5.32 Å². The molecule has 0 bridgehead atoms. The highest BCUT2D eigenvalue weighted by atomic mass is 16.5. The van der Waals surface area contributed by atoms with Crippen molar-refractivity contribution in [1.29, 1.82) is 0 Å². The van der Waals surface area contributed by atoms with Crippen LogP contribution < -0.4 is 20.5 Å².